The predicted molar refractivity (Wildman–Crippen MR) is 133 cm³/mol. The van der Waals surface area contributed by atoms with Crippen molar-refractivity contribution in [2.45, 2.75) is 74.4 Å². The van der Waals surface area contributed by atoms with Crippen LogP contribution in [0.3, 0.4) is 0 Å². The second-order valence-electron chi connectivity index (χ2n) is 8.40. The Kier molecular flexibility index (Phi) is 5.03. The third-order valence-electron chi connectivity index (χ3n) is 6.03. The maximum absolute atomic E-state index is 14.4. The zero-order valence-corrected chi connectivity index (χ0v) is 20.3. The Hall–Kier alpha value is -2.38. The van der Waals surface area contributed by atoms with Crippen LogP contribution in [-0.2, 0) is 4.74 Å². The minimum absolute atomic E-state index is 0.00806. The van der Waals surface area contributed by atoms with Crippen molar-refractivity contribution in [2.75, 3.05) is 24.2 Å². The fraction of sp³-hybridized carbons (Fsp3) is 0.583. The van der Waals surface area contributed by atoms with Gasteiger partial charge in [-0.15, -0.1) is 5.10 Å². The predicted octanol–water partition coefficient (Wildman–Crippen LogP) is 2.18. The number of nitrogens with zero attached hydrogens (tertiary/aromatic N) is 5. The summed E-state index contributed by atoms with van der Waals surface area (Å²) in [5, 5.41) is 40.8. The van der Waals surface area contributed by atoms with Gasteiger partial charge in [0.2, 0.25) is 0 Å². The summed E-state index contributed by atoms with van der Waals surface area (Å²) < 4.78 is 88.3. The van der Waals surface area contributed by atoms with E-state index in [-0.39, 0.29) is 52.9 Å². The molecule has 2 aromatic heterocycles. The highest BCUT2D eigenvalue weighted by Crippen LogP contribution is 2.44. The fourth-order valence-electron chi connectivity index (χ4n) is 4.11. The molecule has 5 rings (SSSR count). The van der Waals surface area contributed by atoms with E-state index >= 15 is 0 Å². The molecule has 0 unspecified atom stereocenters. The Morgan fingerprint density at radius 1 is 1.36 bits per heavy atom. The van der Waals surface area contributed by atoms with E-state index in [1.165, 1.54) is 19.1 Å². The number of benzene rings is 1. The summed E-state index contributed by atoms with van der Waals surface area (Å²) in [6.45, 7) is 2.11. The number of nitrogens with one attached hydrogen (secondary N) is 1. The number of ether oxygens (including phenoxy) is 1. The smallest absolute Gasteiger partial charge is 0.191 e. The second-order valence-corrected chi connectivity index (χ2v) is 9.17. The van der Waals surface area contributed by atoms with E-state index in [1.807, 2.05) is 0 Å². The number of aliphatic hydroxyl groups is 3. The number of aryl methyl sites for hydroxylation is 1. The number of thioether (sulfide) groups is 1. The number of hydrogen-bond acceptors (Lipinski definition) is 10. The van der Waals surface area contributed by atoms with Crippen molar-refractivity contribution in [3.05, 3.63) is 35.1 Å². The van der Waals surface area contributed by atoms with Gasteiger partial charge in [0.1, 0.15) is 18.0 Å². The summed E-state index contributed by atoms with van der Waals surface area (Å²) in [5.41, 5.74) is -2.69. The SMILES string of the molecule is [2H]C([2H])(C)C([2H])([2H])Sc1nc(N[C@]2([2H])C([2H])([2H])[C@@]2([2H])c2ccc(C)c(F)c2)c2nnn([C@@H]3C[C@H](OCCO)[C@@H](O)[C@H]3O)c2n1. The van der Waals surface area contributed by atoms with Crippen LogP contribution in [-0.4, -0.2) is 83.5 Å². The first-order chi connectivity index (χ1) is 20.3. The van der Waals surface area contributed by atoms with Crippen LogP contribution in [0.1, 0.15) is 60.1 Å². The van der Waals surface area contributed by atoms with E-state index < -0.39 is 60.5 Å². The van der Waals surface area contributed by atoms with Crippen molar-refractivity contribution in [3.8, 4) is 0 Å². The van der Waals surface area contributed by atoms with Crippen LogP contribution in [0.2, 0.25) is 0 Å². The molecule has 0 aliphatic heterocycles. The molecule has 36 heavy (non-hydrogen) atoms. The summed E-state index contributed by atoms with van der Waals surface area (Å²) in [4.78, 5) is 8.53. The van der Waals surface area contributed by atoms with Crippen molar-refractivity contribution in [1.29, 1.82) is 0 Å². The normalized spacial score (nSPS) is 37.2. The topological polar surface area (TPSA) is 138 Å². The molecule has 6 atom stereocenters. The Morgan fingerprint density at radius 3 is 2.94 bits per heavy atom. The average molecular weight is 527 g/mol. The number of aliphatic hydroxyl groups excluding tert-OH is 3. The van der Waals surface area contributed by atoms with Crippen LogP contribution in [0.5, 0.6) is 0 Å². The molecular formula is C24H31FN6O4S. The lowest BCUT2D eigenvalue weighted by Gasteiger charge is -2.17. The van der Waals surface area contributed by atoms with Crippen molar-refractivity contribution in [1.82, 2.24) is 25.0 Å². The maximum atomic E-state index is 14.4. The highest BCUT2D eigenvalue weighted by Gasteiger charge is 2.45. The summed E-state index contributed by atoms with van der Waals surface area (Å²) in [7, 11) is 0. The molecule has 2 fully saturated rings. The Morgan fingerprint density at radius 2 is 2.19 bits per heavy atom. The number of halogens is 1. The third-order valence-corrected chi connectivity index (χ3v) is 6.70. The molecule has 2 heterocycles. The van der Waals surface area contributed by atoms with Gasteiger partial charge in [-0.05, 0) is 36.9 Å². The monoisotopic (exact) mass is 526 g/mol. The summed E-state index contributed by atoms with van der Waals surface area (Å²) >= 11 is 0.307. The summed E-state index contributed by atoms with van der Waals surface area (Å²) in [6, 6.07) is 0.286. The van der Waals surface area contributed by atoms with Gasteiger partial charge in [-0.1, -0.05) is 36.0 Å². The van der Waals surface area contributed by atoms with E-state index in [9.17, 15) is 14.6 Å². The highest BCUT2D eigenvalue weighted by molar-refractivity contribution is 7.99. The minimum Gasteiger partial charge on any atom is -0.394 e. The Labute approximate surface area is 223 Å². The first kappa shape index (κ1) is 17.2. The van der Waals surface area contributed by atoms with Crippen molar-refractivity contribution >= 4 is 28.7 Å². The molecule has 0 bridgehead atoms. The van der Waals surface area contributed by atoms with Crippen molar-refractivity contribution in [2.24, 2.45) is 0 Å². The molecule has 0 saturated heterocycles. The number of rotatable bonds is 10. The van der Waals surface area contributed by atoms with Crippen LogP contribution >= 0.6 is 11.8 Å². The average Bonchev–Trinajstić information content (AvgIpc) is 3.29. The van der Waals surface area contributed by atoms with Gasteiger partial charge in [0.05, 0.1) is 26.7 Å². The molecule has 194 valence electrons. The lowest BCUT2D eigenvalue weighted by atomic mass is 10.1. The molecule has 2 saturated carbocycles. The van der Waals surface area contributed by atoms with Gasteiger partial charge in [0, 0.05) is 33.6 Å². The number of aromatic nitrogens is 5. The fourth-order valence-corrected chi connectivity index (χ4v) is 4.58. The van der Waals surface area contributed by atoms with Crippen molar-refractivity contribution in [3.63, 3.8) is 0 Å². The maximum Gasteiger partial charge on any atom is 0.191 e. The largest absolute Gasteiger partial charge is 0.394 e. The minimum atomic E-state index is -2.60. The Balaban J connectivity index is 1.60. The van der Waals surface area contributed by atoms with Gasteiger partial charge in [0.15, 0.2) is 22.1 Å². The molecule has 1 aromatic carbocycles. The van der Waals surface area contributed by atoms with Gasteiger partial charge in [-0.25, -0.2) is 19.0 Å². The van der Waals surface area contributed by atoms with Gasteiger partial charge in [0.25, 0.3) is 0 Å². The quantitative estimate of drug-likeness (QED) is 0.230. The molecule has 0 radical (unpaired) electrons. The lowest BCUT2D eigenvalue weighted by molar-refractivity contribution is -0.0629. The van der Waals surface area contributed by atoms with E-state index in [1.54, 1.807) is 0 Å². The number of anilines is 1. The van der Waals surface area contributed by atoms with E-state index in [4.69, 9.17) is 20.8 Å². The molecule has 0 amide bonds. The summed E-state index contributed by atoms with van der Waals surface area (Å²) in [5.74, 6) is -3.34. The van der Waals surface area contributed by atoms with Crippen LogP contribution in [0, 0.1) is 12.7 Å². The van der Waals surface area contributed by atoms with Gasteiger partial charge >= 0.3 is 0 Å². The molecular weight excluding hydrogens is 487 g/mol. The Bertz CT molecular complexity index is 1580. The third kappa shape index (κ3) is 4.92. The van der Waals surface area contributed by atoms with Crippen LogP contribution in [0.4, 0.5) is 10.2 Å². The van der Waals surface area contributed by atoms with Gasteiger partial charge in [-0.3, -0.25) is 0 Å². The zero-order chi connectivity index (χ0) is 32.6. The van der Waals surface area contributed by atoms with Gasteiger partial charge < -0.3 is 25.4 Å². The first-order valence-electron chi connectivity index (χ1n) is 15.3. The van der Waals surface area contributed by atoms with E-state index in [2.05, 4.69) is 25.6 Å². The zero-order valence-electron chi connectivity index (χ0n) is 27.4. The van der Waals surface area contributed by atoms with Crippen LogP contribution < -0.4 is 5.32 Å². The molecule has 3 aromatic rings. The molecule has 10 nitrogen and oxygen atoms in total. The standard InChI is InChI=1S/C24H31FN6O4S/c1-3-8-36-24-27-22(26-16-10-14(16)13-5-4-12(2)15(25)9-13)19-23(28-24)31(30-29-19)17-11-18(35-7-6-32)21(34)20(17)33/h4-5,9,14,16-18,20-21,32-34H,3,6-8,10-11H2,1-2H3,(H,26,27,28)/t14-,16+,17+,18-,20-,21+/m0/s1/i3D2,8D2,10D2,14D,16D. The molecule has 0 spiro atoms. The second kappa shape index (κ2) is 10.5. The molecule has 2 aliphatic rings. The van der Waals surface area contributed by atoms with Crippen LogP contribution in [0.15, 0.2) is 23.4 Å². The number of fused-ring (bicyclic) bond motifs is 1. The van der Waals surface area contributed by atoms with E-state index in [0.717, 1.165) is 17.7 Å². The van der Waals surface area contributed by atoms with Crippen molar-refractivity contribution < 1.29 is 35.4 Å². The first-order valence-corrected chi connectivity index (χ1v) is 12.1. The summed E-state index contributed by atoms with van der Waals surface area (Å²) in [6.07, 6.45) is -8.64. The van der Waals surface area contributed by atoms with Gasteiger partial charge in [-0.2, -0.15) is 0 Å². The molecule has 4 N–H and O–H groups in total. The molecule has 2 aliphatic carbocycles. The number of hydrogen-bond donors (Lipinski definition) is 4. The lowest BCUT2D eigenvalue weighted by Crippen LogP contribution is -2.33. The molecule has 12 heteroatoms. The van der Waals surface area contributed by atoms with E-state index in [0.29, 0.717) is 11.8 Å². The van der Waals surface area contributed by atoms with Crippen LogP contribution in [0.25, 0.3) is 11.2 Å². The highest BCUT2D eigenvalue weighted by atomic mass is 32.2.